The van der Waals surface area contributed by atoms with Gasteiger partial charge in [0, 0.05) is 28.0 Å². The number of nitrogens with one attached hydrogen (secondary N) is 2. The van der Waals surface area contributed by atoms with E-state index in [0.717, 1.165) is 33.4 Å². The summed E-state index contributed by atoms with van der Waals surface area (Å²) in [7, 11) is 0. The van der Waals surface area contributed by atoms with E-state index in [0.29, 0.717) is 6.54 Å². The minimum atomic E-state index is -0.102. The van der Waals surface area contributed by atoms with Crippen LogP contribution in [0, 0.1) is 6.92 Å². The Morgan fingerprint density at radius 2 is 2.08 bits per heavy atom. The number of carbonyl (C=O) groups is 2. The second-order valence-electron chi connectivity index (χ2n) is 5.93. The van der Waals surface area contributed by atoms with Crippen molar-refractivity contribution in [3.63, 3.8) is 0 Å². The summed E-state index contributed by atoms with van der Waals surface area (Å²) >= 11 is 4.98. The summed E-state index contributed by atoms with van der Waals surface area (Å²) < 4.78 is 0.980. The van der Waals surface area contributed by atoms with Crippen molar-refractivity contribution in [1.82, 2.24) is 5.32 Å². The predicted octanol–water partition coefficient (Wildman–Crippen LogP) is 4.07. The van der Waals surface area contributed by atoms with Crippen molar-refractivity contribution < 1.29 is 9.59 Å². The summed E-state index contributed by atoms with van der Waals surface area (Å²) in [6.45, 7) is 2.28. The van der Waals surface area contributed by atoms with E-state index in [-0.39, 0.29) is 18.2 Å². The molecule has 0 radical (unpaired) electrons. The van der Waals surface area contributed by atoms with E-state index in [1.807, 2.05) is 31.2 Å². The standard InChI is InChI=1S/C18H19BrN2O2S/c1-11-9-13(19)5-6-14(11)21-17(22)7-8-20-18(23)16-10-12-3-2-4-15(12)24-16/h5-6,9-10H,2-4,7-8H2,1H3,(H,20,23)(H,21,22). The van der Waals surface area contributed by atoms with E-state index < -0.39 is 0 Å². The van der Waals surface area contributed by atoms with Gasteiger partial charge in [-0.15, -0.1) is 11.3 Å². The predicted molar refractivity (Wildman–Crippen MR) is 101 cm³/mol. The molecular formula is C18H19BrN2O2S. The van der Waals surface area contributed by atoms with Gasteiger partial charge in [-0.05, 0) is 61.6 Å². The molecule has 0 bridgehead atoms. The molecule has 126 valence electrons. The molecule has 1 aromatic heterocycles. The first-order valence-corrected chi connectivity index (χ1v) is 9.59. The van der Waals surface area contributed by atoms with Crippen molar-refractivity contribution in [3.05, 3.63) is 49.6 Å². The molecule has 24 heavy (non-hydrogen) atoms. The number of hydrogen-bond donors (Lipinski definition) is 2. The fourth-order valence-corrected chi connectivity index (χ4v) is 4.44. The summed E-state index contributed by atoms with van der Waals surface area (Å²) in [6, 6.07) is 7.70. The quantitative estimate of drug-likeness (QED) is 0.785. The maximum Gasteiger partial charge on any atom is 0.261 e. The number of benzene rings is 1. The molecule has 1 aromatic carbocycles. The molecule has 1 aliphatic rings. The summed E-state index contributed by atoms with van der Waals surface area (Å²) in [5.74, 6) is -0.184. The molecule has 4 nitrogen and oxygen atoms in total. The minimum absolute atomic E-state index is 0.0815. The summed E-state index contributed by atoms with van der Waals surface area (Å²) in [5, 5.41) is 5.71. The zero-order valence-corrected chi connectivity index (χ0v) is 15.9. The zero-order valence-electron chi connectivity index (χ0n) is 13.4. The van der Waals surface area contributed by atoms with Crippen LogP contribution in [0.1, 0.15) is 38.5 Å². The van der Waals surface area contributed by atoms with E-state index >= 15 is 0 Å². The first kappa shape index (κ1) is 17.2. The fraction of sp³-hybridized carbons (Fsp3) is 0.333. The van der Waals surface area contributed by atoms with Crippen LogP contribution in [0.3, 0.4) is 0 Å². The third-order valence-corrected chi connectivity index (χ3v) is 5.80. The SMILES string of the molecule is Cc1cc(Br)ccc1NC(=O)CCNC(=O)c1cc2c(s1)CCC2. The van der Waals surface area contributed by atoms with Crippen molar-refractivity contribution in [2.24, 2.45) is 0 Å². The van der Waals surface area contributed by atoms with Crippen molar-refractivity contribution in [2.75, 3.05) is 11.9 Å². The molecule has 3 rings (SSSR count). The average Bonchev–Trinajstić information content (AvgIpc) is 3.11. The summed E-state index contributed by atoms with van der Waals surface area (Å²) in [4.78, 5) is 26.2. The minimum Gasteiger partial charge on any atom is -0.351 e. The smallest absolute Gasteiger partial charge is 0.261 e. The van der Waals surface area contributed by atoms with Crippen LogP contribution < -0.4 is 10.6 Å². The molecule has 0 saturated carbocycles. The number of thiophene rings is 1. The zero-order chi connectivity index (χ0) is 17.1. The van der Waals surface area contributed by atoms with Gasteiger partial charge in [0.25, 0.3) is 5.91 Å². The molecule has 0 saturated heterocycles. The first-order chi connectivity index (χ1) is 11.5. The number of anilines is 1. The van der Waals surface area contributed by atoms with Crippen LogP contribution in [0.4, 0.5) is 5.69 Å². The van der Waals surface area contributed by atoms with Crippen LogP contribution in [-0.4, -0.2) is 18.4 Å². The van der Waals surface area contributed by atoms with Gasteiger partial charge in [-0.3, -0.25) is 9.59 Å². The summed E-state index contributed by atoms with van der Waals surface area (Å²) in [6.07, 6.45) is 3.61. The van der Waals surface area contributed by atoms with Crippen LogP contribution in [0.5, 0.6) is 0 Å². The number of amides is 2. The maximum absolute atomic E-state index is 12.1. The molecule has 0 aliphatic heterocycles. The van der Waals surface area contributed by atoms with Crippen LogP contribution in [-0.2, 0) is 17.6 Å². The lowest BCUT2D eigenvalue weighted by molar-refractivity contribution is -0.116. The van der Waals surface area contributed by atoms with Gasteiger partial charge in [-0.1, -0.05) is 15.9 Å². The largest absolute Gasteiger partial charge is 0.351 e. The van der Waals surface area contributed by atoms with E-state index in [4.69, 9.17) is 0 Å². The summed E-state index contributed by atoms with van der Waals surface area (Å²) in [5.41, 5.74) is 3.10. The van der Waals surface area contributed by atoms with Crippen LogP contribution in [0.15, 0.2) is 28.7 Å². The van der Waals surface area contributed by atoms with Crippen molar-refractivity contribution >= 4 is 44.8 Å². The first-order valence-electron chi connectivity index (χ1n) is 7.99. The molecule has 2 aromatic rings. The molecule has 1 aliphatic carbocycles. The number of hydrogen-bond acceptors (Lipinski definition) is 3. The lowest BCUT2D eigenvalue weighted by Gasteiger charge is -2.09. The highest BCUT2D eigenvalue weighted by Crippen LogP contribution is 2.30. The van der Waals surface area contributed by atoms with Crippen LogP contribution in [0.2, 0.25) is 0 Å². The Morgan fingerprint density at radius 1 is 1.25 bits per heavy atom. The molecule has 1 heterocycles. The molecule has 0 unspecified atom stereocenters. The number of carbonyl (C=O) groups excluding carboxylic acids is 2. The van der Waals surface area contributed by atoms with Gasteiger partial charge >= 0.3 is 0 Å². The topological polar surface area (TPSA) is 58.2 Å². The van der Waals surface area contributed by atoms with Gasteiger partial charge in [0.05, 0.1) is 4.88 Å². The van der Waals surface area contributed by atoms with Gasteiger partial charge in [0.1, 0.15) is 0 Å². The lowest BCUT2D eigenvalue weighted by atomic mass is 10.2. The number of rotatable bonds is 5. The molecule has 2 N–H and O–H groups in total. The number of fused-ring (bicyclic) bond motifs is 1. The van der Waals surface area contributed by atoms with Gasteiger partial charge in [0.15, 0.2) is 0 Å². The fourth-order valence-electron chi connectivity index (χ4n) is 2.80. The maximum atomic E-state index is 12.1. The van der Waals surface area contributed by atoms with Gasteiger partial charge in [-0.25, -0.2) is 0 Å². The average molecular weight is 407 g/mol. The monoisotopic (exact) mass is 406 g/mol. The Bertz CT molecular complexity index is 764. The number of aryl methyl sites for hydroxylation is 3. The van der Waals surface area contributed by atoms with Crippen molar-refractivity contribution in [1.29, 1.82) is 0 Å². The molecule has 0 fully saturated rings. The Morgan fingerprint density at radius 3 is 2.83 bits per heavy atom. The molecule has 2 amide bonds. The van der Waals surface area contributed by atoms with Gasteiger partial charge in [-0.2, -0.15) is 0 Å². The van der Waals surface area contributed by atoms with Gasteiger partial charge < -0.3 is 10.6 Å². The van der Waals surface area contributed by atoms with Crippen LogP contribution >= 0.6 is 27.3 Å². The highest BCUT2D eigenvalue weighted by molar-refractivity contribution is 9.10. The van der Waals surface area contributed by atoms with Gasteiger partial charge in [0.2, 0.25) is 5.91 Å². The second-order valence-corrected chi connectivity index (χ2v) is 7.98. The van der Waals surface area contributed by atoms with E-state index in [1.54, 1.807) is 11.3 Å². The molecule has 0 spiro atoms. The Labute approximate surface area is 153 Å². The Kier molecular flexibility index (Phi) is 5.36. The third kappa shape index (κ3) is 4.05. The van der Waals surface area contributed by atoms with E-state index in [9.17, 15) is 9.59 Å². The van der Waals surface area contributed by atoms with E-state index in [1.165, 1.54) is 16.9 Å². The second kappa shape index (κ2) is 7.49. The highest BCUT2D eigenvalue weighted by atomic mass is 79.9. The van der Waals surface area contributed by atoms with E-state index in [2.05, 4.69) is 26.6 Å². The lowest BCUT2D eigenvalue weighted by Crippen LogP contribution is -2.27. The van der Waals surface area contributed by atoms with Crippen LogP contribution in [0.25, 0.3) is 0 Å². The number of halogens is 1. The normalized spacial score (nSPS) is 12.8. The molecular weight excluding hydrogens is 388 g/mol. The third-order valence-electron chi connectivity index (χ3n) is 4.07. The van der Waals surface area contributed by atoms with Crippen molar-refractivity contribution in [2.45, 2.75) is 32.6 Å². The Balaban J connectivity index is 1.47. The Hall–Kier alpha value is -1.66. The molecule has 0 atom stereocenters. The molecule has 6 heteroatoms. The highest BCUT2D eigenvalue weighted by Gasteiger charge is 2.18. The van der Waals surface area contributed by atoms with Crippen molar-refractivity contribution in [3.8, 4) is 0 Å².